The number of nitrogens with zero attached hydrogens (tertiary/aromatic N) is 2. The predicted octanol–water partition coefficient (Wildman–Crippen LogP) is 3.32. The number of H-pyrrole nitrogens is 1. The first kappa shape index (κ1) is 17.9. The number of aromatic amines is 1. The average molecular weight is 370 g/mol. The Kier molecular flexibility index (Phi) is 6.22. The van der Waals surface area contributed by atoms with Gasteiger partial charge in [-0.05, 0) is 36.2 Å². The molecule has 0 fully saturated rings. The monoisotopic (exact) mass is 369 g/mol. The second-order valence-corrected chi connectivity index (χ2v) is 6.25. The lowest BCUT2D eigenvalue weighted by Gasteiger charge is -2.08. The number of rotatable bonds is 8. The quantitative estimate of drug-likeness (QED) is 0.530. The fraction of sp³-hybridized carbons (Fsp3) is 0.211. The molecule has 0 atom stereocenters. The van der Waals surface area contributed by atoms with E-state index in [-0.39, 0.29) is 5.56 Å². The van der Waals surface area contributed by atoms with Gasteiger partial charge in [-0.1, -0.05) is 29.8 Å². The molecule has 0 saturated heterocycles. The number of hydrogen-bond donors (Lipinski definition) is 3. The van der Waals surface area contributed by atoms with Crippen molar-refractivity contribution in [2.75, 3.05) is 23.7 Å². The molecule has 0 bridgehead atoms. The molecule has 0 spiro atoms. The van der Waals surface area contributed by atoms with Gasteiger partial charge in [0, 0.05) is 42.5 Å². The number of aromatic nitrogens is 3. The highest BCUT2D eigenvalue weighted by Gasteiger charge is 2.04. The highest BCUT2D eigenvalue weighted by atomic mass is 35.5. The maximum absolute atomic E-state index is 12.2. The third kappa shape index (κ3) is 5.32. The zero-order valence-corrected chi connectivity index (χ0v) is 15.0. The summed E-state index contributed by atoms with van der Waals surface area (Å²) in [5.41, 5.74) is 1.50. The molecule has 2 heterocycles. The summed E-state index contributed by atoms with van der Waals surface area (Å²) in [5.74, 6) is 1.33. The molecule has 0 aliphatic heterocycles. The minimum absolute atomic E-state index is 0.135. The molecule has 0 unspecified atom stereocenters. The first-order valence-corrected chi connectivity index (χ1v) is 8.80. The lowest BCUT2D eigenvalue weighted by molar-refractivity contribution is 0.884. The van der Waals surface area contributed by atoms with Crippen LogP contribution in [0, 0.1) is 0 Å². The van der Waals surface area contributed by atoms with Gasteiger partial charge in [0.1, 0.15) is 5.82 Å². The highest BCUT2D eigenvalue weighted by molar-refractivity contribution is 6.30. The van der Waals surface area contributed by atoms with Crippen molar-refractivity contribution in [3.05, 3.63) is 81.4 Å². The zero-order valence-electron chi connectivity index (χ0n) is 14.2. The van der Waals surface area contributed by atoms with Crippen molar-refractivity contribution in [2.24, 2.45) is 0 Å². The molecule has 6 nitrogen and oxygen atoms in total. The lowest BCUT2D eigenvalue weighted by atomic mass is 10.1. The van der Waals surface area contributed by atoms with Gasteiger partial charge in [-0.3, -0.25) is 9.78 Å². The Balaban J connectivity index is 1.46. The van der Waals surface area contributed by atoms with Crippen LogP contribution in [0.2, 0.25) is 5.02 Å². The van der Waals surface area contributed by atoms with Crippen LogP contribution >= 0.6 is 11.6 Å². The van der Waals surface area contributed by atoms with Gasteiger partial charge >= 0.3 is 0 Å². The molecule has 3 rings (SSSR count). The van der Waals surface area contributed by atoms with E-state index < -0.39 is 0 Å². The van der Waals surface area contributed by atoms with Crippen LogP contribution < -0.4 is 16.2 Å². The second kappa shape index (κ2) is 9.01. The van der Waals surface area contributed by atoms with Crippen LogP contribution in [0.25, 0.3) is 0 Å². The molecule has 0 radical (unpaired) electrons. The standard InChI is InChI=1S/C19H20ClN5O/c20-16-7-5-14(6-8-16)12-15-13-24-19(25-18(15)26)23-11-3-10-22-17-4-1-2-9-21-17/h1-2,4-9,13H,3,10-12H2,(H,21,22)(H2,23,24,25,26). The predicted molar refractivity (Wildman–Crippen MR) is 105 cm³/mol. The van der Waals surface area contributed by atoms with E-state index in [9.17, 15) is 4.79 Å². The van der Waals surface area contributed by atoms with E-state index in [1.54, 1.807) is 12.4 Å². The van der Waals surface area contributed by atoms with Crippen molar-refractivity contribution in [3.8, 4) is 0 Å². The summed E-state index contributed by atoms with van der Waals surface area (Å²) >= 11 is 5.88. The number of halogens is 1. The van der Waals surface area contributed by atoms with Crippen LogP contribution in [0.5, 0.6) is 0 Å². The van der Waals surface area contributed by atoms with Crippen molar-refractivity contribution in [2.45, 2.75) is 12.8 Å². The van der Waals surface area contributed by atoms with Crippen molar-refractivity contribution in [3.63, 3.8) is 0 Å². The summed E-state index contributed by atoms with van der Waals surface area (Å²) in [6, 6.07) is 13.2. The molecule has 0 saturated carbocycles. The Bertz CT molecular complexity index is 880. The highest BCUT2D eigenvalue weighted by Crippen LogP contribution is 2.12. The van der Waals surface area contributed by atoms with Gasteiger partial charge in [0.15, 0.2) is 0 Å². The van der Waals surface area contributed by atoms with Gasteiger partial charge in [-0.15, -0.1) is 0 Å². The summed E-state index contributed by atoms with van der Waals surface area (Å²) in [6.45, 7) is 1.47. The number of benzene rings is 1. The first-order chi connectivity index (χ1) is 12.7. The van der Waals surface area contributed by atoms with Crippen LogP contribution in [0.3, 0.4) is 0 Å². The third-order valence-corrected chi connectivity index (χ3v) is 4.05. The van der Waals surface area contributed by atoms with Gasteiger partial charge in [0.25, 0.3) is 5.56 Å². The van der Waals surface area contributed by atoms with Crippen LogP contribution in [0.1, 0.15) is 17.5 Å². The molecule has 2 aromatic heterocycles. The summed E-state index contributed by atoms with van der Waals surface area (Å²) in [4.78, 5) is 23.5. The SMILES string of the molecule is O=c1[nH]c(NCCCNc2ccccn2)ncc1Cc1ccc(Cl)cc1. The molecule has 0 aliphatic carbocycles. The van der Waals surface area contributed by atoms with Crippen molar-refractivity contribution >= 4 is 23.4 Å². The normalized spacial score (nSPS) is 10.5. The molecule has 1 aromatic carbocycles. The van der Waals surface area contributed by atoms with E-state index in [0.29, 0.717) is 29.5 Å². The summed E-state index contributed by atoms with van der Waals surface area (Å²) in [7, 11) is 0. The first-order valence-electron chi connectivity index (χ1n) is 8.42. The van der Waals surface area contributed by atoms with E-state index in [0.717, 1.165) is 24.3 Å². The molecule has 134 valence electrons. The molecule has 7 heteroatoms. The molecule has 3 N–H and O–H groups in total. The summed E-state index contributed by atoms with van der Waals surface area (Å²) < 4.78 is 0. The Morgan fingerprint density at radius 3 is 2.54 bits per heavy atom. The van der Waals surface area contributed by atoms with Gasteiger partial charge < -0.3 is 10.6 Å². The van der Waals surface area contributed by atoms with E-state index in [2.05, 4.69) is 25.6 Å². The van der Waals surface area contributed by atoms with Crippen molar-refractivity contribution < 1.29 is 0 Å². The molecule has 0 amide bonds. The topological polar surface area (TPSA) is 82.7 Å². The van der Waals surface area contributed by atoms with Gasteiger partial charge in [-0.2, -0.15) is 0 Å². The number of hydrogen-bond acceptors (Lipinski definition) is 5. The fourth-order valence-electron chi connectivity index (χ4n) is 2.44. The molecule has 26 heavy (non-hydrogen) atoms. The van der Waals surface area contributed by atoms with Crippen LogP contribution in [0.4, 0.5) is 11.8 Å². The van der Waals surface area contributed by atoms with Crippen molar-refractivity contribution in [1.29, 1.82) is 0 Å². The Labute approximate surface area is 156 Å². The van der Waals surface area contributed by atoms with Crippen LogP contribution in [0.15, 0.2) is 59.7 Å². The van der Waals surface area contributed by atoms with Crippen LogP contribution in [-0.2, 0) is 6.42 Å². The van der Waals surface area contributed by atoms with E-state index in [1.807, 2.05) is 42.5 Å². The molecule has 0 aliphatic rings. The summed E-state index contributed by atoms with van der Waals surface area (Å²) in [5, 5.41) is 7.03. The van der Waals surface area contributed by atoms with Crippen LogP contribution in [-0.4, -0.2) is 28.0 Å². The van der Waals surface area contributed by atoms with E-state index in [4.69, 9.17) is 11.6 Å². The lowest BCUT2D eigenvalue weighted by Crippen LogP contribution is -2.18. The number of nitrogens with one attached hydrogen (secondary N) is 3. The Morgan fingerprint density at radius 1 is 1.00 bits per heavy atom. The molecule has 3 aromatic rings. The summed E-state index contributed by atoms with van der Waals surface area (Å²) in [6.07, 6.45) is 4.75. The minimum atomic E-state index is -0.135. The Morgan fingerprint density at radius 2 is 1.81 bits per heavy atom. The Hall–Kier alpha value is -2.86. The van der Waals surface area contributed by atoms with Gasteiger partial charge in [0.05, 0.1) is 0 Å². The third-order valence-electron chi connectivity index (χ3n) is 3.80. The zero-order chi connectivity index (χ0) is 18.2. The fourth-order valence-corrected chi connectivity index (χ4v) is 2.56. The molecular formula is C19H20ClN5O. The van der Waals surface area contributed by atoms with Crippen molar-refractivity contribution in [1.82, 2.24) is 15.0 Å². The smallest absolute Gasteiger partial charge is 0.255 e. The largest absolute Gasteiger partial charge is 0.370 e. The van der Waals surface area contributed by atoms with Gasteiger partial charge in [-0.25, -0.2) is 9.97 Å². The number of anilines is 2. The van der Waals surface area contributed by atoms with E-state index in [1.165, 1.54) is 0 Å². The second-order valence-electron chi connectivity index (χ2n) is 5.81. The maximum atomic E-state index is 12.2. The minimum Gasteiger partial charge on any atom is -0.370 e. The maximum Gasteiger partial charge on any atom is 0.255 e. The van der Waals surface area contributed by atoms with Gasteiger partial charge in [0.2, 0.25) is 5.95 Å². The van der Waals surface area contributed by atoms with E-state index >= 15 is 0 Å². The average Bonchev–Trinajstić information content (AvgIpc) is 2.66. The molecular weight excluding hydrogens is 350 g/mol. The number of pyridine rings is 1.